The van der Waals surface area contributed by atoms with Crippen molar-refractivity contribution in [1.82, 2.24) is 25.4 Å². The van der Waals surface area contributed by atoms with Crippen LogP contribution in [0.3, 0.4) is 0 Å². The van der Waals surface area contributed by atoms with E-state index in [2.05, 4.69) is 15.7 Å². The zero-order valence-electron chi connectivity index (χ0n) is 19.0. The first-order chi connectivity index (χ1) is 16.9. The maximum atomic E-state index is 13.1. The van der Waals surface area contributed by atoms with E-state index in [1.165, 1.54) is 20.2 Å². The number of rotatable bonds is 6. The molecule has 9 nitrogen and oxygen atoms in total. The lowest BCUT2D eigenvalue weighted by molar-refractivity contribution is -0.127. The summed E-state index contributed by atoms with van der Waals surface area (Å²) in [4.78, 5) is 41.5. The normalized spacial score (nSPS) is 11.6. The second-order valence-electron chi connectivity index (χ2n) is 7.67. The fraction of sp³-hybridized carbons (Fsp3) is 0.160. The molecule has 0 fully saturated rings. The number of fused-ring (bicyclic) bond motifs is 1. The Labute approximate surface area is 206 Å². The molecular formula is C25H22ClN5O4. The summed E-state index contributed by atoms with van der Waals surface area (Å²) in [6, 6.07) is 17.7. The Hall–Kier alpha value is -4.24. The fourth-order valence-corrected chi connectivity index (χ4v) is 3.63. The summed E-state index contributed by atoms with van der Waals surface area (Å²) < 4.78 is 7.03. The van der Waals surface area contributed by atoms with Gasteiger partial charge in [-0.3, -0.25) is 10.1 Å². The maximum absolute atomic E-state index is 13.1. The van der Waals surface area contributed by atoms with Crippen LogP contribution < -0.4 is 10.6 Å². The van der Waals surface area contributed by atoms with E-state index in [9.17, 15) is 14.4 Å². The van der Waals surface area contributed by atoms with Crippen molar-refractivity contribution < 1.29 is 19.1 Å². The lowest BCUT2D eigenvalue weighted by Crippen LogP contribution is -2.43. The number of benzene rings is 2. The summed E-state index contributed by atoms with van der Waals surface area (Å²) in [6.45, 7) is 1.72. The molecule has 3 amide bonds. The Morgan fingerprint density at radius 1 is 1.09 bits per heavy atom. The largest absolute Gasteiger partial charge is 0.449 e. The Bertz CT molecular complexity index is 1400. The predicted molar refractivity (Wildman–Crippen MR) is 131 cm³/mol. The van der Waals surface area contributed by atoms with Crippen LogP contribution in [-0.4, -0.2) is 45.8 Å². The number of amides is 3. The third-order valence-corrected chi connectivity index (χ3v) is 5.66. The van der Waals surface area contributed by atoms with Crippen LogP contribution >= 0.6 is 11.6 Å². The van der Waals surface area contributed by atoms with Crippen molar-refractivity contribution in [1.29, 1.82) is 0 Å². The molecule has 0 aliphatic carbocycles. The first-order valence-corrected chi connectivity index (χ1v) is 11.1. The molecule has 4 rings (SSSR count). The number of carbonyl (C=O) groups is 3. The number of hydrogen-bond donors (Lipinski definition) is 2. The molecule has 0 unspecified atom stereocenters. The van der Waals surface area contributed by atoms with Crippen molar-refractivity contribution >= 4 is 40.5 Å². The highest BCUT2D eigenvalue weighted by molar-refractivity contribution is 6.31. The molecule has 35 heavy (non-hydrogen) atoms. The van der Waals surface area contributed by atoms with Gasteiger partial charge in [0.2, 0.25) is 0 Å². The Morgan fingerprint density at radius 2 is 1.80 bits per heavy atom. The van der Waals surface area contributed by atoms with Gasteiger partial charge in [0.15, 0.2) is 11.8 Å². The van der Waals surface area contributed by atoms with Crippen LogP contribution in [0.2, 0.25) is 5.02 Å². The van der Waals surface area contributed by atoms with Crippen LogP contribution in [0.15, 0.2) is 66.9 Å². The highest BCUT2D eigenvalue weighted by atomic mass is 35.5. The van der Waals surface area contributed by atoms with Crippen molar-refractivity contribution in [2.75, 3.05) is 7.05 Å². The quantitative estimate of drug-likeness (QED) is 0.396. The van der Waals surface area contributed by atoms with Crippen molar-refractivity contribution in [2.45, 2.75) is 19.6 Å². The molecule has 178 valence electrons. The number of aromatic nitrogens is 3. The number of nitrogens with one attached hydrogen (secondary N) is 2. The average Bonchev–Trinajstić information content (AvgIpc) is 3.27. The van der Waals surface area contributed by atoms with Gasteiger partial charge >= 0.3 is 12.0 Å². The van der Waals surface area contributed by atoms with Crippen LogP contribution in [0.1, 0.15) is 22.8 Å². The van der Waals surface area contributed by atoms with Crippen molar-refractivity contribution in [3.8, 4) is 11.3 Å². The van der Waals surface area contributed by atoms with Gasteiger partial charge in [-0.15, -0.1) is 0 Å². The number of ether oxygens (including phenoxy) is 1. The summed E-state index contributed by atoms with van der Waals surface area (Å²) >= 11 is 6.33. The molecule has 2 aromatic heterocycles. The van der Waals surface area contributed by atoms with Crippen molar-refractivity contribution in [3.05, 3.63) is 83.0 Å². The standard InChI is InChI=1S/C25H22ClN5O4/c1-15(23(32)30-25(34)27-2)35-24(33)18-12-21(16-8-4-3-5-9-16)29-22-19(18)13-28-31(22)14-17-10-6-7-11-20(17)26/h3-13,15H,14H2,1-2H3,(H2,27,30,32,34)/t15-/m1/s1. The molecule has 0 spiro atoms. The van der Waals surface area contributed by atoms with Crippen LogP contribution in [0.5, 0.6) is 0 Å². The lowest BCUT2D eigenvalue weighted by Gasteiger charge is -2.14. The van der Waals surface area contributed by atoms with E-state index in [1.54, 1.807) is 16.8 Å². The van der Waals surface area contributed by atoms with Gasteiger partial charge in [0.1, 0.15) is 0 Å². The zero-order chi connectivity index (χ0) is 24.9. The Morgan fingerprint density at radius 3 is 2.51 bits per heavy atom. The number of esters is 1. The van der Waals surface area contributed by atoms with Gasteiger partial charge in [0, 0.05) is 17.6 Å². The Kier molecular flexibility index (Phi) is 7.07. The minimum absolute atomic E-state index is 0.193. The molecule has 0 aliphatic heterocycles. The number of urea groups is 1. The molecule has 0 saturated heterocycles. The smallest absolute Gasteiger partial charge is 0.339 e. The number of halogens is 1. The van der Waals surface area contributed by atoms with E-state index < -0.39 is 24.0 Å². The summed E-state index contributed by atoms with van der Waals surface area (Å²) in [5.74, 6) is -1.49. The highest BCUT2D eigenvalue weighted by Gasteiger charge is 2.24. The second kappa shape index (κ2) is 10.4. The van der Waals surface area contributed by atoms with Gasteiger partial charge in [-0.25, -0.2) is 19.3 Å². The van der Waals surface area contributed by atoms with Gasteiger partial charge in [0.25, 0.3) is 5.91 Å². The summed E-state index contributed by atoms with van der Waals surface area (Å²) in [5, 5.41) is 9.84. The average molecular weight is 492 g/mol. The third-order valence-electron chi connectivity index (χ3n) is 5.29. The summed E-state index contributed by atoms with van der Waals surface area (Å²) in [7, 11) is 1.37. The molecule has 2 heterocycles. The van der Waals surface area contributed by atoms with Crippen LogP contribution in [0.25, 0.3) is 22.3 Å². The number of imide groups is 1. The Balaban J connectivity index is 1.74. The van der Waals surface area contributed by atoms with Crippen LogP contribution in [-0.2, 0) is 16.1 Å². The third kappa shape index (κ3) is 5.30. The van der Waals surface area contributed by atoms with Crippen LogP contribution in [0, 0.1) is 0 Å². The summed E-state index contributed by atoms with van der Waals surface area (Å²) in [6.07, 6.45) is 0.321. The number of pyridine rings is 1. The number of hydrogen-bond acceptors (Lipinski definition) is 6. The van der Waals surface area contributed by atoms with E-state index in [0.717, 1.165) is 11.1 Å². The first-order valence-electron chi connectivity index (χ1n) is 10.8. The molecule has 10 heteroatoms. The van der Waals surface area contributed by atoms with Crippen molar-refractivity contribution in [2.24, 2.45) is 0 Å². The lowest BCUT2D eigenvalue weighted by atomic mass is 10.1. The molecule has 0 aliphatic rings. The zero-order valence-corrected chi connectivity index (χ0v) is 19.7. The van der Waals surface area contributed by atoms with E-state index >= 15 is 0 Å². The molecule has 2 aromatic carbocycles. The number of nitrogens with zero attached hydrogens (tertiary/aromatic N) is 3. The van der Waals surface area contributed by atoms with E-state index in [0.29, 0.717) is 28.3 Å². The molecule has 4 aromatic rings. The van der Waals surface area contributed by atoms with Crippen molar-refractivity contribution in [3.63, 3.8) is 0 Å². The highest BCUT2D eigenvalue weighted by Crippen LogP contribution is 2.27. The van der Waals surface area contributed by atoms with E-state index in [1.807, 2.05) is 48.5 Å². The fourth-order valence-electron chi connectivity index (χ4n) is 3.43. The molecule has 0 saturated carbocycles. The number of carbonyl (C=O) groups excluding carboxylic acids is 3. The monoisotopic (exact) mass is 491 g/mol. The first kappa shape index (κ1) is 23.9. The minimum atomic E-state index is -1.21. The van der Waals surface area contributed by atoms with Gasteiger partial charge < -0.3 is 10.1 Å². The maximum Gasteiger partial charge on any atom is 0.339 e. The van der Waals surface area contributed by atoms with Gasteiger partial charge in [-0.1, -0.05) is 60.1 Å². The molecular weight excluding hydrogens is 470 g/mol. The van der Waals surface area contributed by atoms with Gasteiger partial charge in [0.05, 0.1) is 29.4 Å². The topological polar surface area (TPSA) is 115 Å². The summed E-state index contributed by atoms with van der Waals surface area (Å²) in [5.41, 5.74) is 2.82. The molecule has 1 atom stereocenters. The van der Waals surface area contributed by atoms with Crippen LogP contribution in [0.4, 0.5) is 4.79 Å². The minimum Gasteiger partial charge on any atom is -0.449 e. The van der Waals surface area contributed by atoms with E-state index in [4.69, 9.17) is 21.3 Å². The molecule has 2 N–H and O–H groups in total. The second-order valence-corrected chi connectivity index (χ2v) is 8.08. The molecule has 0 bridgehead atoms. The van der Waals surface area contributed by atoms with E-state index in [-0.39, 0.29) is 5.56 Å². The SMILES string of the molecule is CNC(=O)NC(=O)[C@@H](C)OC(=O)c1cc(-c2ccccc2)nc2c1cnn2Cc1ccccc1Cl. The van der Waals surface area contributed by atoms with Gasteiger partial charge in [-0.05, 0) is 24.6 Å². The molecule has 0 radical (unpaired) electrons. The predicted octanol–water partition coefficient (Wildman–Crippen LogP) is 3.80. The van der Waals surface area contributed by atoms with Gasteiger partial charge in [-0.2, -0.15) is 5.10 Å².